The predicted molar refractivity (Wildman–Crippen MR) is 143 cm³/mol. The van der Waals surface area contributed by atoms with Crippen LogP contribution in [0.25, 0.3) is 0 Å². The number of carbonyl (C=O) groups excluding carboxylic acids is 3. The molecule has 0 radical (unpaired) electrons. The molecule has 8 nitrogen and oxygen atoms in total. The summed E-state index contributed by atoms with van der Waals surface area (Å²) in [7, 11) is 0. The van der Waals surface area contributed by atoms with Crippen LogP contribution in [0, 0.1) is 11.8 Å². The summed E-state index contributed by atoms with van der Waals surface area (Å²) in [5, 5.41) is 15.8. The molecule has 3 atom stereocenters. The van der Waals surface area contributed by atoms with Crippen LogP contribution in [0.15, 0.2) is 24.3 Å². The van der Waals surface area contributed by atoms with Gasteiger partial charge in [0.05, 0.1) is 0 Å². The number of benzene rings is 1. The zero-order valence-corrected chi connectivity index (χ0v) is 23.7. The van der Waals surface area contributed by atoms with E-state index in [1.54, 1.807) is 37.8 Å². The molecule has 0 bridgehead atoms. The first-order valence-electron chi connectivity index (χ1n) is 12.9. The van der Waals surface area contributed by atoms with Crippen LogP contribution in [0.2, 0.25) is 0 Å². The number of hydrogen-bond donors (Lipinski definition) is 3. The monoisotopic (exact) mass is 505 g/mol. The quantitative estimate of drug-likeness (QED) is 0.385. The van der Waals surface area contributed by atoms with Crippen molar-refractivity contribution in [3.8, 4) is 5.75 Å². The van der Waals surface area contributed by atoms with E-state index in [1.165, 1.54) is 12.1 Å². The summed E-state index contributed by atoms with van der Waals surface area (Å²) in [6, 6.07) is 4.05. The van der Waals surface area contributed by atoms with Crippen LogP contribution in [0.4, 0.5) is 4.79 Å². The molecule has 36 heavy (non-hydrogen) atoms. The van der Waals surface area contributed by atoms with E-state index < -0.39 is 23.8 Å². The minimum absolute atomic E-state index is 0.00405. The topological polar surface area (TPSA) is 108 Å². The SMILES string of the molecule is CC(C)CCC(C)N(C(=O)C(NC(=O)OC(C)(C)C)C(C)C)C(C(=O)NC(C)C)c1cccc(O)c1. The number of aromatic hydroxyl groups is 1. The molecule has 0 aliphatic carbocycles. The van der Waals surface area contributed by atoms with E-state index in [-0.39, 0.29) is 35.6 Å². The van der Waals surface area contributed by atoms with Crippen molar-refractivity contribution >= 4 is 17.9 Å². The highest BCUT2D eigenvalue weighted by Gasteiger charge is 2.40. The van der Waals surface area contributed by atoms with E-state index in [2.05, 4.69) is 24.5 Å². The molecule has 1 aromatic rings. The first-order valence-corrected chi connectivity index (χ1v) is 12.9. The van der Waals surface area contributed by atoms with E-state index in [0.29, 0.717) is 17.9 Å². The van der Waals surface area contributed by atoms with Crippen molar-refractivity contribution in [2.45, 2.75) is 112 Å². The highest BCUT2D eigenvalue weighted by atomic mass is 16.6. The number of hydrogen-bond acceptors (Lipinski definition) is 5. The molecule has 0 aliphatic rings. The summed E-state index contributed by atoms with van der Waals surface area (Å²) in [6.45, 7) is 18.8. The van der Waals surface area contributed by atoms with Gasteiger partial charge in [0.25, 0.3) is 0 Å². The summed E-state index contributed by atoms with van der Waals surface area (Å²) >= 11 is 0. The van der Waals surface area contributed by atoms with Gasteiger partial charge < -0.3 is 25.4 Å². The molecule has 0 aliphatic heterocycles. The first-order chi connectivity index (χ1) is 16.5. The fourth-order valence-electron chi connectivity index (χ4n) is 3.92. The minimum atomic E-state index is -0.990. The average Bonchev–Trinajstić information content (AvgIpc) is 2.71. The van der Waals surface area contributed by atoms with Gasteiger partial charge in [-0.25, -0.2) is 4.79 Å². The predicted octanol–water partition coefficient (Wildman–Crippen LogP) is 5.16. The van der Waals surface area contributed by atoms with Crippen LogP contribution >= 0.6 is 0 Å². The Balaban J connectivity index is 3.58. The van der Waals surface area contributed by atoms with Crippen LogP contribution < -0.4 is 10.6 Å². The summed E-state index contributed by atoms with van der Waals surface area (Å²) in [4.78, 5) is 41.9. The fourth-order valence-corrected chi connectivity index (χ4v) is 3.92. The highest BCUT2D eigenvalue weighted by molar-refractivity contribution is 5.92. The van der Waals surface area contributed by atoms with E-state index in [9.17, 15) is 19.5 Å². The van der Waals surface area contributed by atoms with Crippen molar-refractivity contribution in [2.24, 2.45) is 11.8 Å². The van der Waals surface area contributed by atoms with Crippen molar-refractivity contribution < 1.29 is 24.2 Å². The molecular formula is C28H47N3O5. The Morgan fingerprint density at radius 3 is 2.06 bits per heavy atom. The molecule has 0 saturated heterocycles. The second kappa shape index (κ2) is 13.5. The van der Waals surface area contributed by atoms with Gasteiger partial charge in [-0.15, -0.1) is 0 Å². The lowest BCUT2D eigenvalue weighted by molar-refractivity contribution is -0.146. The maximum atomic E-state index is 14.2. The Labute approximate surface area is 217 Å². The molecule has 0 fully saturated rings. The van der Waals surface area contributed by atoms with Gasteiger partial charge in [0, 0.05) is 12.1 Å². The fraction of sp³-hybridized carbons (Fsp3) is 0.679. The molecule has 3 amide bonds. The molecule has 0 saturated carbocycles. The zero-order valence-electron chi connectivity index (χ0n) is 23.7. The zero-order chi connectivity index (χ0) is 27.8. The highest BCUT2D eigenvalue weighted by Crippen LogP contribution is 2.30. The second-order valence-corrected chi connectivity index (χ2v) is 11.6. The summed E-state index contributed by atoms with van der Waals surface area (Å²) < 4.78 is 5.42. The Hall–Kier alpha value is -2.77. The summed E-state index contributed by atoms with van der Waals surface area (Å²) in [5.41, 5.74) is -0.224. The van der Waals surface area contributed by atoms with Gasteiger partial charge in [-0.3, -0.25) is 9.59 Å². The number of rotatable bonds is 11. The van der Waals surface area contributed by atoms with Crippen LogP contribution in [0.1, 0.15) is 93.7 Å². The molecular weight excluding hydrogens is 458 g/mol. The van der Waals surface area contributed by atoms with Crippen molar-refractivity contribution in [2.75, 3.05) is 0 Å². The Morgan fingerprint density at radius 1 is 0.972 bits per heavy atom. The van der Waals surface area contributed by atoms with Gasteiger partial charge in [0.2, 0.25) is 11.8 Å². The lowest BCUT2D eigenvalue weighted by atomic mass is 9.94. The number of phenols is 1. The number of nitrogens with one attached hydrogen (secondary N) is 2. The largest absolute Gasteiger partial charge is 0.508 e. The molecule has 0 aromatic heterocycles. The average molecular weight is 506 g/mol. The molecule has 1 aromatic carbocycles. The van der Waals surface area contributed by atoms with E-state index in [1.807, 2.05) is 34.6 Å². The third kappa shape index (κ3) is 10.1. The van der Waals surface area contributed by atoms with Crippen LogP contribution in [-0.4, -0.2) is 51.6 Å². The van der Waals surface area contributed by atoms with Crippen molar-refractivity contribution in [3.05, 3.63) is 29.8 Å². The van der Waals surface area contributed by atoms with Gasteiger partial charge in [-0.05, 0) is 83.9 Å². The van der Waals surface area contributed by atoms with Gasteiger partial charge in [0.1, 0.15) is 23.4 Å². The van der Waals surface area contributed by atoms with Gasteiger partial charge in [-0.1, -0.05) is 39.8 Å². The molecule has 204 valence electrons. The molecule has 3 unspecified atom stereocenters. The molecule has 0 heterocycles. The maximum Gasteiger partial charge on any atom is 0.408 e. The normalized spacial score (nSPS) is 14.4. The van der Waals surface area contributed by atoms with Gasteiger partial charge in [0.15, 0.2) is 0 Å². The number of ether oxygens (including phenoxy) is 1. The van der Waals surface area contributed by atoms with Crippen molar-refractivity contribution in [1.29, 1.82) is 0 Å². The number of amides is 3. The Morgan fingerprint density at radius 2 is 1.58 bits per heavy atom. The summed E-state index contributed by atoms with van der Waals surface area (Å²) in [5.74, 6) is -0.569. The van der Waals surface area contributed by atoms with E-state index in [4.69, 9.17) is 4.74 Å². The van der Waals surface area contributed by atoms with Crippen LogP contribution in [-0.2, 0) is 14.3 Å². The maximum absolute atomic E-state index is 14.2. The number of carbonyl (C=O) groups is 3. The summed E-state index contributed by atoms with van der Waals surface area (Å²) in [6.07, 6.45) is 0.838. The lowest BCUT2D eigenvalue weighted by Crippen LogP contribution is -2.57. The minimum Gasteiger partial charge on any atom is -0.508 e. The molecule has 1 rings (SSSR count). The Bertz CT molecular complexity index is 876. The number of nitrogens with zero attached hydrogens (tertiary/aromatic N) is 1. The Kier molecular flexibility index (Phi) is 11.7. The molecule has 8 heteroatoms. The standard InChI is InChI=1S/C28H47N3O5/c1-17(2)14-15-20(7)31(26(34)23(18(3)4)30-27(35)36-28(8,9)10)24(25(33)29-19(5)6)21-12-11-13-22(32)16-21/h11-13,16-20,23-24,32H,14-15H2,1-10H3,(H,29,33)(H,30,35). The van der Waals surface area contributed by atoms with Crippen LogP contribution in [0.5, 0.6) is 5.75 Å². The third-order valence-corrected chi connectivity index (χ3v) is 5.64. The second-order valence-electron chi connectivity index (χ2n) is 11.6. The van der Waals surface area contributed by atoms with Crippen molar-refractivity contribution in [1.82, 2.24) is 15.5 Å². The number of phenolic OH excluding ortho intramolecular Hbond substituents is 1. The third-order valence-electron chi connectivity index (χ3n) is 5.64. The van der Waals surface area contributed by atoms with Crippen molar-refractivity contribution in [3.63, 3.8) is 0 Å². The van der Waals surface area contributed by atoms with E-state index in [0.717, 1.165) is 6.42 Å². The molecule has 0 spiro atoms. The van der Waals surface area contributed by atoms with E-state index >= 15 is 0 Å². The molecule has 3 N–H and O–H groups in total. The number of alkyl carbamates (subject to hydrolysis) is 1. The van der Waals surface area contributed by atoms with Gasteiger partial charge in [-0.2, -0.15) is 0 Å². The lowest BCUT2D eigenvalue weighted by Gasteiger charge is -2.39. The first kappa shape index (κ1) is 31.3. The smallest absolute Gasteiger partial charge is 0.408 e. The van der Waals surface area contributed by atoms with Crippen LogP contribution in [0.3, 0.4) is 0 Å². The van der Waals surface area contributed by atoms with Gasteiger partial charge >= 0.3 is 6.09 Å².